The van der Waals surface area contributed by atoms with Crippen LogP contribution in [0.1, 0.15) is 43.2 Å². The van der Waals surface area contributed by atoms with E-state index in [1.165, 1.54) is 104 Å². The summed E-state index contributed by atoms with van der Waals surface area (Å²) in [6.07, 6.45) is 7.05. The van der Waals surface area contributed by atoms with Gasteiger partial charge in [-0.1, -0.05) is 121 Å². The second kappa shape index (κ2) is 11.2. The van der Waals surface area contributed by atoms with Gasteiger partial charge in [-0.3, -0.25) is 0 Å². The predicted molar refractivity (Wildman–Crippen MR) is 222 cm³/mol. The minimum Gasteiger partial charge on any atom is -0.310 e. The number of anilines is 3. The van der Waals surface area contributed by atoms with E-state index in [1.807, 2.05) is 0 Å². The zero-order chi connectivity index (χ0) is 34.7. The average Bonchev–Trinajstić information content (AvgIpc) is 3.50. The van der Waals surface area contributed by atoms with E-state index in [1.54, 1.807) is 11.1 Å². The fourth-order valence-electron chi connectivity index (χ4n) is 12.0. The van der Waals surface area contributed by atoms with Gasteiger partial charge >= 0.3 is 0 Å². The third-order valence-electron chi connectivity index (χ3n) is 14.0. The van der Waals surface area contributed by atoms with Crippen LogP contribution in [0.15, 0.2) is 164 Å². The molecule has 4 fully saturated rings. The highest BCUT2D eigenvalue weighted by Crippen LogP contribution is 2.69. The van der Waals surface area contributed by atoms with Crippen molar-refractivity contribution in [1.29, 1.82) is 0 Å². The van der Waals surface area contributed by atoms with Crippen LogP contribution in [0.25, 0.3) is 54.6 Å². The van der Waals surface area contributed by atoms with Crippen molar-refractivity contribution in [2.24, 2.45) is 23.7 Å². The second-order valence-electron chi connectivity index (χ2n) is 16.6. The third-order valence-corrected chi connectivity index (χ3v) is 14.0. The number of benzene rings is 8. The summed E-state index contributed by atoms with van der Waals surface area (Å²) in [6.45, 7) is 0. The van der Waals surface area contributed by atoms with E-state index in [9.17, 15) is 0 Å². The van der Waals surface area contributed by atoms with Crippen LogP contribution in [0.5, 0.6) is 0 Å². The Morgan fingerprint density at radius 1 is 0.377 bits per heavy atom. The molecule has 1 nitrogen and oxygen atoms in total. The summed E-state index contributed by atoms with van der Waals surface area (Å²) < 4.78 is 0. The van der Waals surface area contributed by atoms with Crippen molar-refractivity contribution in [1.82, 2.24) is 0 Å². The molecular weight excluding hydrogens is 639 g/mol. The van der Waals surface area contributed by atoms with E-state index in [4.69, 9.17) is 0 Å². The van der Waals surface area contributed by atoms with Crippen LogP contribution in [0.4, 0.5) is 17.1 Å². The summed E-state index contributed by atoms with van der Waals surface area (Å²) in [5, 5.41) is 7.72. The first kappa shape index (κ1) is 29.9. The minimum atomic E-state index is 0.135. The third kappa shape index (κ3) is 4.31. The molecule has 4 saturated carbocycles. The van der Waals surface area contributed by atoms with Gasteiger partial charge in [-0.05, 0) is 164 Å². The number of hydrogen-bond donors (Lipinski definition) is 0. The first-order chi connectivity index (χ1) is 26.2. The molecule has 0 aliphatic heterocycles. The molecular formula is C52H41N. The molecule has 8 aromatic carbocycles. The molecule has 5 aliphatic rings. The number of hydrogen-bond acceptors (Lipinski definition) is 1. The van der Waals surface area contributed by atoms with Crippen molar-refractivity contribution in [3.05, 3.63) is 175 Å². The summed E-state index contributed by atoms with van der Waals surface area (Å²) in [5.74, 6) is 3.34. The molecule has 1 heteroatoms. The van der Waals surface area contributed by atoms with Gasteiger partial charge in [0, 0.05) is 22.5 Å². The minimum absolute atomic E-state index is 0.135. The molecule has 0 unspecified atom stereocenters. The highest BCUT2D eigenvalue weighted by Gasteiger charge is 2.61. The molecule has 5 aliphatic carbocycles. The Balaban J connectivity index is 1.00. The van der Waals surface area contributed by atoms with Gasteiger partial charge in [0.05, 0.1) is 0 Å². The van der Waals surface area contributed by atoms with E-state index in [2.05, 4.69) is 169 Å². The molecule has 0 saturated heterocycles. The lowest BCUT2D eigenvalue weighted by Gasteiger charge is -2.61. The summed E-state index contributed by atoms with van der Waals surface area (Å²) in [4.78, 5) is 2.51. The smallest absolute Gasteiger partial charge is 0.0468 e. The summed E-state index contributed by atoms with van der Waals surface area (Å²) >= 11 is 0. The molecule has 8 aromatic rings. The van der Waals surface area contributed by atoms with E-state index < -0.39 is 0 Å². The maximum atomic E-state index is 2.62. The Kier molecular flexibility index (Phi) is 6.30. The lowest BCUT2D eigenvalue weighted by atomic mass is 9.43. The van der Waals surface area contributed by atoms with Crippen molar-refractivity contribution in [3.8, 4) is 22.3 Å². The summed E-state index contributed by atoms with van der Waals surface area (Å²) in [6, 6.07) is 62.1. The zero-order valence-electron chi connectivity index (χ0n) is 29.9. The van der Waals surface area contributed by atoms with Gasteiger partial charge < -0.3 is 4.90 Å². The maximum Gasteiger partial charge on any atom is 0.0468 e. The van der Waals surface area contributed by atoms with Gasteiger partial charge in [0.15, 0.2) is 0 Å². The SMILES string of the molecule is c1ccc2c(c1)-c1ccc(N(c3ccc(-c4ccc5c(ccc6ccccc65)c4)cc3)c3ccc4ccccc4c3)cc1C21C2CC3CC(C2)CC1C3. The van der Waals surface area contributed by atoms with Crippen LogP contribution in [-0.4, -0.2) is 0 Å². The van der Waals surface area contributed by atoms with Gasteiger partial charge in [-0.2, -0.15) is 0 Å². The normalized spacial score (nSPS) is 23.5. The van der Waals surface area contributed by atoms with Crippen LogP contribution in [0.3, 0.4) is 0 Å². The summed E-state index contributed by atoms with van der Waals surface area (Å²) in [7, 11) is 0. The fraction of sp³-hybridized carbons (Fsp3) is 0.192. The van der Waals surface area contributed by atoms with E-state index in [0.717, 1.165) is 23.7 Å². The lowest BCUT2D eigenvalue weighted by Crippen LogP contribution is -2.55. The van der Waals surface area contributed by atoms with E-state index in [-0.39, 0.29) is 5.41 Å². The highest BCUT2D eigenvalue weighted by atomic mass is 15.1. The Morgan fingerprint density at radius 3 is 1.79 bits per heavy atom. The quantitative estimate of drug-likeness (QED) is 0.167. The van der Waals surface area contributed by atoms with Crippen molar-refractivity contribution in [3.63, 3.8) is 0 Å². The number of rotatable bonds is 4. The standard InChI is InChI=1S/C52H41N/c1-2-9-38-31-44(21-17-35(38)7-1)53(43-19-15-36(16-20-43)39-18-23-47-40(30-39)14-13-37-8-3-4-10-46(37)47)45-22-24-49-48-11-5-6-12-50(48)52(51(49)32-45)41-26-33-25-34(28-41)29-42(52)27-33/h1-24,30-34,41-42H,25-29H2. The van der Waals surface area contributed by atoms with Crippen LogP contribution in [-0.2, 0) is 5.41 Å². The van der Waals surface area contributed by atoms with Gasteiger partial charge in [-0.15, -0.1) is 0 Å². The lowest BCUT2D eigenvalue weighted by molar-refractivity contribution is -0.0399. The maximum absolute atomic E-state index is 2.62. The average molecular weight is 680 g/mol. The molecule has 0 radical (unpaired) electrons. The molecule has 0 heterocycles. The molecule has 254 valence electrons. The van der Waals surface area contributed by atoms with E-state index in [0.29, 0.717) is 0 Å². The molecule has 4 bridgehead atoms. The van der Waals surface area contributed by atoms with Gasteiger partial charge in [0.1, 0.15) is 0 Å². The van der Waals surface area contributed by atoms with Crippen molar-refractivity contribution in [2.45, 2.75) is 37.5 Å². The Labute approximate surface area is 311 Å². The molecule has 13 rings (SSSR count). The Bertz CT molecular complexity index is 2730. The second-order valence-corrected chi connectivity index (χ2v) is 16.6. The molecule has 0 amide bonds. The van der Waals surface area contributed by atoms with Crippen molar-refractivity contribution >= 4 is 49.4 Å². The Morgan fingerprint density at radius 2 is 0.962 bits per heavy atom. The zero-order valence-corrected chi connectivity index (χ0v) is 29.9. The van der Waals surface area contributed by atoms with Crippen LogP contribution >= 0.6 is 0 Å². The molecule has 0 atom stereocenters. The van der Waals surface area contributed by atoms with E-state index >= 15 is 0 Å². The van der Waals surface area contributed by atoms with Crippen LogP contribution in [0, 0.1) is 23.7 Å². The molecule has 1 spiro atoms. The van der Waals surface area contributed by atoms with Crippen LogP contribution in [0.2, 0.25) is 0 Å². The first-order valence-electron chi connectivity index (χ1n) is 19.8. The first-order valence-corrected chi connectivity index (χ1v) is 19.8. The number of nitrogens with zero attached hydrogens (tertiary/aromatic N) is 1. The predicted octanol–water partition coefficient (Wildman–Crippen LogP) is 14.0. The topological polar surface area (TPSA) is 3.24 Å². The van der Waals surface area contributed by atoms with Gasteiger partial charge in [-0.25, -0.2) is 0 Å². The largest absolute Gasteiger partial charge is 0.310 e. The molecule has 0 N–H and O–H groups in total. The fourth-order valence-corrected chi connectivity index (χ4v) is 12.0. The van der Waals surface area contributed by atoms with Gasteiger partial charge in [0.2, 0.25) is 0 Å². The monoisotopic (exact) mass is 679 g/mol. The highest BCUT2D eigenvalue weighted by molar-refractivity contribution is 6.08. The van der Waals surface area contributed by atoms with Crippen molar-refractivity contribution < 1.29 is 0 Å². The van der Waals surface area contributed by atoms with Crippen LogP contribution < -0.4 is 4.90 Å². The molecule has 53 heavy (non-hydrogen) atoms. The summed E-state index contributed by atoms with van der Waals surface area (Å²) in [5.41, 5.74) is 12.4. The molecule has 0 aromatic heterocycles. The van der Waals surface area contributed by atoms with Crippen molar-refractivity contribution in [2.75, 3.05) is 4.90 Å². The van der Waals surface area contributed by atoms with Gasteiger partial charge in [0.25, 0.3) is 0 Å². The number of fused-ring (bicyclic) bond motifs is 7. The Hall–Kier alpha value is -5.66.